The van der Waals surface area contributed by atoms with E-state index in [-0.39, 0.29) is 0 Å². The number of nitrogens with zero attached hydrogens (tertiary/aromatic N) is 3. The maximum atomic E-state index is 4.52. The molecule has 0 spiro atoms. The van der Waals surface area contributed by atoms with Crippen LogP contribution in [-0.2, 0) is 6.42 Å². The number of aromatic nitrogens is 2. The lowest BCUT2D eigenvalue weighted by Gasteiger charge is -2.41. The Labute approximate surface area is 130 Å². The Balaban J connectivity index is 1.93. The number of rotatable bonds is 5. The van der Waals surface area contributed by atoms with Crippen molar-refractivity contribution in [1.29, 1.82) is 0 Å². The maximum absolute atomic E-state index is 4.52. The van der Waals surface area contributed by atoms with E-state index >= 15 is 0 Å². The van der Waals surface area contributed by atoms with E-state index in [2.05, 4.69) is 49.5 Å². The molecule has 0 amide bonds. The maximum Gasteiger partial charge on any atom is 0.225 e. The van der Waals surface area contributed by atoms with Gasteiger partial charge in [-0.15, -0.1) is 0 Å². The minimum Gasteiger partial charge on any atom is -0.341 e. The van der Waals surface area contributed by atoms with Gasteiger partial charge < -0.3 is 4.90 Å². The first-order valence-corrected chi connectivity index (χ1v) is 8.53. The standard InChI is InChI=1S/C18H31N3/c1-6-15-12-19-17(20-13-15)21-10-8-16(9-11-21)14(3)18(4,5)7-2/h12-14,16H,6-11H2,1-5H3. The molecule has 1 atom stereocenters. The molecule has 1 aliphatic rings. The SMILES string of the molecule is CCc1cnc(N2CCC(C(C)C(C)(C)CC)CC2)nc1. The lowest BCUT2D eigenvalue weighted by atomic mass is 9.69. The third-order valence-electron chi connectivity index (χ3n) is 5.77. The Kier molecular flexibility index (Phi) is 5.23. The van der Waals surface area contributed by atoms with Crippen molar-refractivity contribution in [2.24, 2.45) is 17.3 Å². The van der Waals surface area contributed by atoms with Gasteiger partial charge in [0.1, 0.15) is 0 Å². The molecule has 0 radical (unpaired) electrons. The molecule has 1 aromatic heterocycles. The van der Waals surface area contributed by atoms with Crippen LogP contribution in [0.25, 0.3) is 0 Å². The Morgan fingerprint density at radius 1 is 1.19 bits per heavy atom. The quantitative estimate of drug-likeness (QED) is 0.808. The van der Waals surface area contributed by atoms with Crippen molar-refractivity contribution < 1.29 is 0 Å². The highest BCUT2D eigenvalue weighted by Crippen LogP contribution is 2.39. The molecule has 1 aliphatic heterocycles. The van der Waals surface area contributed by atoms with Gasteiger partial charge in [0, 0.05) is 25.5 Å². The van der Waals surface area contributed by atoms with Gasteiger partial charge in [-0.1, -0.05) is 41.0 Å². The molecule has 3 nitrogen and oxygen atoms in total. The van der Waals surface area contributed by atoms with Crippen LogP contribution in [0.3, 0.4) is 0 Å². The molecule has 0 N–H and O–H groups in total. The number of piperidine rings is 1. The molecule has 118 valence electrons. The van der Waals surface area contributed by atoms with E-state index in [1.165, 1.54) is 24.8 Å². The fourth-order valence-corrected chi connectivity index (χ4v) is 3.25. The summed E-state index contributed by atoms with van der Waals surface area (Å²) in [6.07, 6.45) is 8.74. The van der Waals surface area contributed by atoms with E-state index in [1.54, 1.807) is 0 Å². The van der Waals surface area contributed by atoms with Gasteiger partial charge in [0.25, 0.3) is 0 Å². The molecule has 2 heterocycles. The summed E-state index contributed by atoms with van der Waals surface area (Å²) in [6.45, 7) is 13.9. The van der Waals surface area contributed by atoms with Gasteiger partial charge >= 0.3 is 0 Å². The van der Waals surface area contributed by atoms with Crippen LogP contribution in [0.5, 0.6) is 0 Å². The van der Waals surface area contributed by atoms with E-state index in [0.717, 1.165) is 37.3 Å². The summed E-state index contributed by atoms with van der Waals surface area (Å²) >= 11 is 0. The van der Waals surface area contributed by atoms with Gasteiger partial charge in [-0.25, -0.2) is 9.97 Å². The third-order valence-corrected chi connectivity index (χ3v) is 5.77. The highest BCUT2D eigenvalue weighted by atomic mass is 15.2. The van der Waals surface area contributed by atoms with Crippen molar-refractivity contribution in [3.8, 4) is 0 Å². The Morgan fingerprint density at radius 3 is 2.24 bits per heavy atom. The highest BCUT2D eigenvalue weighted by Gasteiger charge is 2.33. The highest BCUT2D eigenvalue weighted by molar-refractivity contribution is 5.30. The van der Waals surface area contributed by atoms with Crippen molar-refractivity contribution >= 4 is 5.95 Å². The fourth-order valence-electron chi connectivity index (χ4n) is 3.25. The van der Waals surface area contributed by atoms with Crippen molar-refractivity contribution in [2.75, 3.05) is 18.0 Å². The number of anilines is 1. The zero-order chi connectivity index (χ0) is 15.5. The molecule has 1 fully saturated rings. The molecule has 0 aliphatic carbocycles. The van der Waals surface area contributed by atoms with Gasteiger partial charge in [-0.05, 0) is 42.1 Å². The first kappa shape index (κ1) is 16.3. The summed E-state index contributed by atoms with van der Waals surface area (Å²) in [6, 6.07) is 0. The molecular weight excluding hydrogens is 258 g/mol. The second-order valence-corrected chi connectivity index (χ2v) is 7.20. The predicted octanol–water partition coefficient (Wildman–Crippen LogP) is 4.33. The molecule has 1 saturated heterocycles. The van der Waals surface area contributed by atoms with Crippen LogP contribution in [0.4, 0.5) is 5.95 Å². The smallest absolute Gasteiger partial charge is 0.225 e. The summed E-state index contributed by atoms with van der Waals surface area (Å²) in [5.41, 5.74) is 1.67. The van der Waals surface area contributed by atoms with Crippen molar-refractivity contribution in [3.63, 3.8) is 0 Å². The number of hydrogen-bond donors (Lipinski definition) is 0. The molecule has 1 unspecified atom stereocenters. The number of aryl methyl sites for hydroxylation is 1. The van der Waals surface area contributed by atoms with Crippen molar-refractivity contribution in [1.82, 2.24) is 9.97 Å². The van der Waals surface area contributed by atoms with E-state index in [9.17, 15) is 0 Å². The average molecular weight is 289 g/mol. The summed E-state index contributed by atoms with van der Waals surface area (Å²) in [4.78, 5) is 11.4. The van der Waals surface area contributed by atoms with Gasteiger partial charge in [-0.3, -0.25) is 0 Å². The van der Waals surface area contributed by atoms with E-state index in [1.807, 2.05) is 12.4 Å². The zero-order valence-electron chi connectivity index (χ0n) is 14.4. The van der Waals surface area contributed by atoms with Crippen LogP contribution in [-0.4, -0.2) is 23.1 Å². The zero-order valence-corrected chi connectivity index (χ0v) is 14.4. The molecular formula is C18H31N3. The first-order valence-electron chi connectivity index (χ1n) is 8.53. The second kappa shape index (κ2) is 6.76. The van der Waals surface area contributed by atoms with Crippen LogP contribution in [0.2, 0.25) is 0 Å². The Hall–Kier alpha value is -1.12. The monoisotopic (exact) mass is 289 g/mol. The normalized spacial score (nSPS) is 18.8. The number of hydrogen-bond acceptors (Lipinski definition) is 3. The lowest BCUT2D eigenvalue weighted by Crippen LogP contribution is -2.39. The third kappa shape index (κ3) is 3.75. The van der Waals surface area contributed by atoms with Gasteiger partial charge in [0.15, 0.2) is 0 Å². The first-order chi connectivity index (χ1) is 9.97. The average Bonchev–Trinajstić information content (AvgIpc) is 2.54. The van der Waals surface area contributed by atoms with Crippen LogP contribution in [0, 0.1) is 17.3 Å². The lowest BCUT2D eigenvalue weighted by molar-refractivity contribution is 0.130. The molecule has 0 aromatic carbocycles. The van der Waals surface area contributed by atoms with Gasteiger partial charge in [-0.2, -0.15) is 0 Å². The largest absolute Gasteiger partial charge is 0.341 e. The van der Waals surface area contributed by atoms with Gasteiger partial charge in [0.05, 0.1) is 0 Å². The van der Waals surface area contributed by atoms with Gasteiger partial charge in [0.2, 0.25) is 5.95 Å². The molecule has 0 bridgehead atoms. The summed E-state index contributed by atoms with van der Waals surface area (Å²) < 4.78 is 0. The second-order valence-electron chi connectivity index (χ2n) is 7.20. The van der Waals surface area contributed by atoms with E-state index in [4.69, 9.17) is 0 Å². The van der Waals surface area contributed by atoms with E-state index in [0.29, 0.717) is 5.41 Å². The summed E-state index contributed by atoms with van der Waals surface area (Å²) in [5.74, 6) is 2.53. The summed E-state index contributed by atoms with van der Waals surface area (Å²) in [7, 11) is 0. The minimum absolute atomic E-state index is 0.451. The van der Waals surface area contributed by atoms with Crippen LogP contribution in [0.1, 0.15) is 59.4 Å². The molecule has 1 aromatic rings. The predicted molar refractivity (Wildman–Crippen MR) is 89.6 cm³/mol. The van der Waals surface area contributed by atoms with Crippen molar-refractivity contribution in [2.45, 2.75) is 60.3 Å². The minimum atomic E-state index is 0.451. The fraction of sp³-hybridized carbons (Fsp3) is 0.778. The molecule has 2 rings (SSSR count). The summed E-state index contributed by atoms with van der Waals surface area (Å²) in [5, 5.41) is 0. The van der Waals surface area contributed by atoms with Crippen molar-refractivity contribution in [3.05, 3.63) is 18.0 Å². The van der Waals surface area contributed by atoms with Crippen LogP contribution >= 0.6 is 0 Å². The Bertz CT molecular complexity index is 430. The molecule has 21 heavy (non-hydrogen) atoms. The van der Waals surface area contributed by atoms with E-state index < -0.39 is 0 Å². The Morgan fingerprint density at radius 2 is 1.76 bits per heavy atom. The van der Waals surface area contributed by atoms with Crippen LogP contribution < -0.4 is 4.90 Å². The topological polar surface area (TPSA) is 29.0 Å². The molecule has 3 heteroatoms. The molecule has 0 saturated carbocycles. The van der Waals surface area contributed by atoms with Crippen LogP contribution in [0.15, 0.2) is 12.4 Å².